The quantitative estimate of drug-likeness (QED) is 0.724. The fraction of sp³-hybridized carbons (Fsp3) is 0.455. The van der Waals surface area contributed by atoms with E-state index in [9.17, 15) is 0 Å². The highest BCUT2D eigenvalue weighted by molar-refractivity contribution is 7.98. The maximum atomic E-state index is 5.29. The molecule has 0 radical (unpaired) electrons. The molecule has 1 rings (SSSR count). The van der Waals surface area contributed by atoms with Gasteiger partial charge in [0.05, 0.1) is 25.7 Å². The van der Waals surface area contributed by atoms with Gasteiger partial charge in [0, 0.05) is 12.7 Å². The highest BCUT2D eigenvalue weighted by atomic mass is 32.2. The van der Waals surface area contributed by atoms with E-state index in [1.54, 1.807) is 33.1 Å². The molecule has 0 aliphatic carbocycles. The zero-order valence-corrected chi connectivity index (χ0v) is 10.3. The first-order valence-corrected chi connectivity index (χ1v) is 5.77. The third-order valence-corrected chi connectivity index (χ3v) is 2.85. The van der Waals surface area contributed by atoms with Crippen molar-refractivity contribution in [1.29, 1.82) is 0 Å². The Balaban J connectivity index is 3.15. The van der Waals surface area contributed by atoms with Crippen molar-refractivity contribution < 1.29 is 14.2 Å². The van der Waals surface area contributed by atoms with Crippen LogP contribution in [0.2, 0.25) is 0 Å². The number of hydrogen-bond acceptors (Lipinski definition) is 4. The lowest BCUT2D eigenvalue weighted by Gasteiger charge is -2.13. The molecule has 0 amide bonds. The second kappa shape index (κ2) is 5.88. The molecule has 0 saturated heterocycles. The van der Waals surface area contributed by atoms with Crippen molar-refractivity contribution in [3.63, 3.8) is 0 Å². The summed E-state index contributed by atoms with van der Waals surface area (Å²) in [6, 6.07) is 3.92. The van der Waals surface area contributed by atoms with Crippen molar-refractivity contribution in [1.82, 2.24) is 0 Å². The monoisotopic (exact) mass is 228 g/mol. The predicted octanol–water partition coefficient (Wildman–Crippen LogP) is 2.57. The zero-order chi connectivity index (χ0) is 11.3. The second-order valence-electron chi connectivity index (χ2n) is 2.95. The van der Waals surface area contributed by atoms with Crippen LogP contribution in [0.1, 0.15) is 5.56 Å². The summed E-state index contributed by atoms with van der Waals surface area (Å²) in [5, 5.41) is 0. The van der Waals surface area contributed by atoms with Gasteiger partial charge in [-0.2, -0.15) is 0 Å². The molecule has 1 aromatic carbocycles. The van der Waals surface area contributed by atoms with Crippen molar-refractivity contribution in [3.8, 4) is 11.5 Å². The molecule has 0 fully saturated rings. The third kappa shape index (κ3) is 2.79. The molecule has 1 aromatic rings. The number of hydrogen-bond donors (Lipinski definition) is 0. The smallest absolute Gasteiger partial charge is 0.133 e. The number of benzene rings is 1. The maximum Gasteiger partial charge on any atom is 0.133 e. The number of methoxy groups -OCH3 is 3. The van der Waals surface area contributed by atoms with E-state index in [4.69, 9.17) is 14.2 Å². The minimum atomic E-state index is 0.522. The minimum Gasteiger partial charge on any atom is -0.496 e. The summed E-state index contributed by atoms with van der Waals surface area (Å²) in [4.78, 5) is 1.06. The normalized spacial score (nSPS) is 10.1. The fourth-order valence-electron chi connectivity index (χ4n) is 1.36. The molecule has 15 heavy (non-hydrogen) atoms. The topological polar surface area (TPSA) is 27.7 Å². The highest BCUT2D eigenvalue weighted by Gasteiger charge is 2.10. The Bertz CT molecular complexity index is 326. The van der Waals surface area contributed by atoms with Gasteiger partial charge >= 0.3 is 0 Å². The van der Waals surface area contributed by atoms with Crippen LogP contribution in [0.25, 0.3) is 0 Å². The molecule has 0 N–H and O–H groups in total. The number of thioether (sulfide) groups is 1. The Morgan fingerprint density at radius 3 is 2.20 bits per heavy atom. The van der Waals surface area contributed by atoms with Gasteiger partial charge in [0.2, 0.25) is 0 Å². The summed E-state index contributed by atoms with van der Waals surface area (Å²) in [6.45, 7) is 0.522. The van der Waals surface area contributed by atoms with E-state index in [0.29, 0.717) is 6.61 Å². The molecule has 4 heteroatoms. The molecule has 0 saturated carbocycles. The molecular formula is C11H16O3S. The van der Waals surface area contributed by atoms with E-state index in [2.05, 4.69) is 0 Å². The van der Waals surface area contributed by atoms with Crippen LogP contribution < -0.4 is 9.47 Å². The SMILES string of the molecule is COCc1cc(OC)c(SC)cc1OC. The van der Waals surface area contributed by atoms with E-state index in [1.807, 2.05) is 18.4 Å². The summed E-state index contributed by atoms with van der Waals surface area (Å²) in [5.74, 6) is 1.69. The van der Waals surface area contributed by atoms with Crippen molar-refractivity contribution in [2.45, 2.75) is 11.5 Å². The molecule has 0 heterocycles. The van der Waals surface area contributed by atoms with Gasteiger partial charge in [-0.15, -0.1) is 11.8 Å². The van der Waals surface area contributed by atoms with E-state index >= 15 is 0 Å². The Hall–Kier alpha value is -0.870. The fourth-order valence-corrected chi connectivity index (χ4v) is 1.93. The van der Waals surface area contributed by atoms with Gasteiger partial charge in [-0.25, -0.2) is 0 Å². The summed E-state index contributed by atoms with van der Waals surface area (Å²) in [7, 11) is 4.98. The first kappa shape index (κ1) is 12.2. The van der Waals surface area contributed by atoms with Crippen LogP contribution in [-0.4, -0.2) is 27.6 Å². The summed E-state index contributed by atoms with van der Waals surface area (Å²) < 4.78 is 15.7. The zero-order valence-electron chi connectivity index (χ0n) is 9.49. The lowest BCUT2D eigenvalue weighted by atomic mass is 10.2. The molecule has 84 valence electrons. The average molecular weight is 228 g/mol. The van der Waals surface area contributed by atoms with Crippen LogP contribution in [0.5, 0.6) is 11.5 Å². The molecular weight excluding hydrogens is 212 g/mol. The van der Waals surface area contributed by atoms with Crippen LogP contribution in [0.15, 0.2) is 17.0 Å². The summed E-state index contributed by atoms with van der Waals surface area (Å²) in [5.41, 5.74) is 0.995. The molecule has 0 unspecified atom stereocenters. The standard InChI is InChI=1S/C11H16O3S/c1-12-7-8-5-10(14-3)11(15-4)6-9(8)13-2/h5-6H,7H2,1-4H3. The lowest BCUT2D eigenvalue weighted by molar-refractivity contribution is 0.181. The predicted molar refractivity (Wildman–Crippen MR) is 62.0 cm³/mol. The van der Waals surface area contributed by atoms with Crippen molar-refractivity contribution >= 4 is 11.8 Å². The lowest BCUT2D eigenvalue weighted by Crippen LogP contribution is -1.96. The van der Waals surface area contributed by atoms with E-state index in [-0.39, 0.29) is 0 Å². The largest absolute Gasteiger partial charge is 0.496 e. The summed E-state index contributed by atoms with van der Waals surface area (Å²) >= 11 is 1.63. The van der Waals surface area contributed by atoms with Gasteiger partial charge in [-0.05, 0) is 18.4 Å². The molecule has 0 aromatic heterocycles. The Morgan fingerprint density at radius 2 is 1.73 bits per heavy atom. The van der Waals surface area contributed by atoms with Gasteiger partial charge in [0.1, 0.15) is 11.5 Å². The van der Waals surface area contributed by atoms with Gasteiger partial charge in [0.15, 0.2) is 0 Å². The highest BCUT2D eigenvalue weighted by Crippen LogP contribution is 2.34. The van der Waals surface area contributed by atoms with E-state index in [1.165, 1.54) is 0 Å². The van der Waals surface area contributed by atoms with Crippen LogP contribution >= 0.6 is 11.8 Å². The molecule has 0 aliphatic rings. The second-order valence-corrected chi connectivity index (χ2v) is 3.80. The molecule has 0 aliphatic heterocycles. The summed E-state index contributed by atoms with van der Waals surface area (Å²) in [6.07, 6.45) is 2.01. The van der Waals surface area contributed by atoms with Crippen LogP contribution in [-0.2, 0) is 11.3 Å². The average Bonchev–Trinajstić information content (AvgIpc) is 2.28. The first-order valence-electron chi connectivity index (χ1n) is 4.54. The van der Waals surface area contributed by atoms with Crippen molar-refractivity contribution in [2.75, 3.05) is 27.6 Å². The van der Waals surface area contributed by atoms with Crippen molar-refractivity contribution in [3.05, 3.63) is 17.7 Å². The third-order valence-electron chi connectivity index (χ3n) is 2.09. The van der Waals surface area contributed by atoms with Crippen LogP contribution in [0.3, 0.4) is 0 Å². The van der Waals surface area contributed by atoms with Crippen molar-refractivity contribution in [2.24, 2.45) is 0 Å². The number of rotatable bonds is 5. The Kier molecular flexibility index (Phi) is 4.78. The maximum absolute atomic E-state index is 5.29. The van der Waals surface area contributed by atoms with Crippen LogP contribution in [0, 0.1) is 0 Å². The van der Waals surface area contributed by atoms with Gasteiger partial charge < -0.3 is 14.2 Å². The van der Waals surface area contributed by atoms with Gasteiger partial charge in [-0.3, -0.25) is 0 Å². The Morgan fingerprint density at radius 1 is 1.07 bits per heavy atom. The van der Waals surface area contributed by atoms with Crippen LogP contribution in [0.4, 0.5) is 0 Å². The van der Waals surface area contributed by atoms with E-state index in [0.717, 1.165) is 22.0 Å². The molecule has 0 spiro atoms. The molecule has 0 bridgehead atoms. The molecule has 3 nitrogen and oxygen atoms in total. The van der Waals surface area contributed by atoms with Gasteiger partial charge in [-0.1, -0.05) is 0 Å². The molecule has 0 atom stereocenters. The Labute approximate surface area is 94.7 Å². The first-order chi connectivity index (χ1) is 7.26. The van der Waals surface area contributed by atoms with E-state index < -0.39 is 0 Å². The minimum absolute atomic E-state index is 0.522. The number of ether oxygens (including phenoxy) is 3. The van der Waals surface area contributed by atoms with Gasteiger partial charge in [0.25, 0.3) is 0 Å².